The molecule has 1 heterocycles. The van der Waals surface area contributed by atoms with Crippen LogP contribution in [0.3, 0.4) is 0 Å². The van der Waals surface area contributed by atoms with E-state index in [1.807, 2.05) is 0 Å². The van der Waals surface area contributed by atoms with Crippen molar-refractivity contribution in [1.29, 1.82) is 5.26 Å². The fourth-order valence-electron chi connectivity index (χ4n) is 1.79. The van der Waals surface area contributed by atoms with Crippen molar-refractivity contribution in [2.24, 2.45) is 0 Å². The number of hydrogen-bond donors (Lipinski definition) is 0. The number of nitriles is 1. The molecule has 0 saturated carbocycles. The van der Waals surface area contributed by atoms with Gasteiger partial charge < -0.3 is 0 Å². The average molecular weight is 431 g/mol. The number of alkyl halides is 6. The molecule has 0 radical (unpaired) electrons. The van der Waals surface area contributed by atoms with Crippen molar-refractivity contribution >= 4 is 46.8 Å². The number of hydrogen-bond acceptors (Lipinski definition) is 4. The van der Waals surface area contributed by atoms with Crippen molar-refractivity contribution < 1.29 is 13.2 Å². The molecule has 0 fully saturated rings. The molecule has 0 aliphatic rings. The predicted octanol–water partition coefficient (Wildman–Crippen LogP) is 3.71. The molecule has 0 aliphatic carbocycles. The molecule has 12 heteroatoms. The molecule has 2 aromatic rings. The van der Waals surface area contributed by atoms with Gasteiger partial charge >= 0.3 is 11.9 Å². The Hall–Kier alpha value is -1.60. The molecule has 0 bridgehead atoms. The summed E-state index contributed by atoms with van der Waals surface area (Å²) < 4.78 is 37.0. The SMILES string of the molecule is N#Cc1cn(-c2ccc(C(F)(F)F)cc2)c(=O)n(SC(Cl)(Cl)Cl)c1=O. The summed E-state index contributed by atoms with van der Waals surface area (Å²) in [7, 11) is 0. The molecular weight excluding hydrogens is 426 g/mol. The highest BCUT2D eigenvalue weighted by Crippen LogP contribution is 2.38. The predicted molar refractivity (Wildman–Crippen MR) is 89.3 cm³/mol. The van der Waals surface area contributed by atoms with Crippen LogP contribution in [0.2, 0.25) is 0 Å². The zero-order valence-corrected chi connectivity index (χ0v) is 14.8. The molecule has 132 valence electrons. The second-order valence-electron chi connectivity index (χ2n) is 4.49. The third-order valence-corrected chi connectivity index (χ3v) is 4.17. The van der Waals surface area contributed by atoms with Crippen LogP contribution >= 0.6 is 46.8 Å². The first kappa shape index (κ1) is 19.7. The van der Waals surface area contributed by atoms with E-state index >= 15 is 0 Å². The van der Waals surface area contributed by atoms with Gasteiger partial charge in [-0.3, -0.25) is 9.36 Å². The summed E-state index contributed by atoms with van der Waals surface area (Å²) in [5.41, 5.74) is -3.39. The van der Waals surface area contributed by atoms with Crippen LogP contribution in [0.5, 0.6) is 0 Å². The fraction of sp³-hybridized carbons (Fsp3) is 0.154. The fourth-order valence-corrected chi connectivity index (χ4v) is 2.97. The quantitative estimate of drug-likeness (QED) is 0.681. The third kappa shape index (κ3) is 4.52. The van der Waals surface area contributed by atoms with Gasteiger partial charge in [0.2, 0.25) is 0 Å². The van der Waals surface area contributed by atoms with Gasteiger partial charge in [-0.05, 0) is 24.3 Å². The molecule has 2 rings (SSSR count). The van der Waals surface area contributed by atoms with E-state index in [-0.39, 0.29) is 17.6 Å². The molecule has 1 aromatic carbocycles. The molecule has 25 heavy (non-hydrogen) atoms. The molecule has 1 aromatic heterocycles. The molecule has 0 atom stereocenters. The van der Waals surface area contributed by atoms with Crippen molar-refractivity contribution in [3.63, 3.8) is 0 Å². The summed E-state index contributed by atoms with van der Waals surface area (Å²) >= 11 is 16.9. The van der Waals surface area contributed by atoms with E-state index < -0.39 is 31.7 Å². The first-order valence-electron chi connectivity index (χ1n) is 6.17. The van der Waals surface area contributed by atoms with Crippen LogP contribution in [0.15, 0.2) is 40.1 Å². The lowest BCUT2D eigenvalue weighted by Gasteiger charge is -2.14. The van der Waals surface area contributed by atoms with Crippen LogP contribution in [-0.2, 0) is 6.18 Å². The Morgan fingerprint density at radius 1 is 1.08 bits per heavy atom. The van der Waals surface area contributed by atoms with E-state index in [0.717, 1.165) is 35.0 Å². The highest BCUT2D eigenvalue weighted by atomic mass is 35.6. The van der Waals surface area contributed by atoms with Crippen molar-refractivity contribution in [3.05, 3.63) is 62.4 Å². The van der Waals surface area contributed by atoms with Crippen molar-refractivity contribution in [2.75, 3.05) is 0 Å². The van der Waals surface area contributed by atoms with E-state index in [4.69, 9.17) is 40.1 Å². The van der Waals surface area contributed by atoms with E-state index in [1.165, 1.54) is 0 Å². The summed E-state index contributed by atoms with van der Waals surface area (Å²) in [6.45, 7) is 0. The van der Waals surface area contributed by atoms with Crippen LogP contribution < -0.4 is 11.2 Å². The number of benzene rings is 1. The highest BCUT2D eigenvalue weighted by molar-refractivity contribution is 8.03. The van der Waals surface area contributed by atoms with Crippen LogP contribution in [0.1, 0.15) is 11.1 Å². The van der Waals surface area contributed by atoms with Gasteiger partial charge in [-0.15, -0.1) is 0 Å². The number of halogens is 6. The summed E-state index contributed by atoms with van der Waals surface area (Å²) in [6, 6.07) is 5.12. The van der Waals surface area contributed by atoms with Crippen molar-refractivity contribution in [1.82, 2.24) is 8.54 Å². The minimum atomic E-state index is -4.55. The standard InChI is InChI=1S/C13H5Cl3F3N3O2S/c14-13(15,16)25-22-10(23)7(5-20)6-21(11(22)24)9-3-1-8(2-4-9)12(17,18)19/h1-4,6H. The lowest BCUT2D eigenvalue weighted by atomic mass is 10.2. The number of rotatable bonds is 2. The van der Waals surface area contributed by atoms with Crippen LogP contribution in [0.4, 0.5) is 13.2 Å². The number of nitrogens with zero attached hydrogens (tertiary/aromatic N) is 3. The van der Waals surface area contributed by atoms with E-state index in [9.17, 15) is 22.8 Å². The lowest BCUT2D eigenvalue weighted by Crippen LogP contribution is -2.38. The monoisotopic (exact) mass is 429 g/mol. The lowest BCUT2D eigenvalue weighted by molar-refractivity contribution is -0.137. The van der Waals surface area contributed by atoms with Crippen molar-refractivity contribution in [2.45, 2.75) is 9.30 Å². The third-order valence-electron chi connectivity index (χ3n) is 2.84. The normalized spacial score (nSPS) is 12.0. The van der Waals surface area contributed by atoms with E-state index in [1.54, 1.807) is 6.07 Å². The van der Waals surface area contributed by atoms with Crippen LogP contribution in [-0.4, -0.2) is 11.7 Å². The molecule has 0 amide bonds. The van der Waals surface area contributed by atoms with Gasteiger partial charge in [-0.2, -0.15) is 22.4 Å². The smallest absolute Gasteiger partial charge is 0.267 e. The summed E-state index contributed by atoms with van der Waals surface area (Å²) in [4.78, 5) is 24.5. The Labute approximate surface area is 157 Å². The van der Waals surface area contributed by atoms with Gasteiger partial charge in [0.25, 0.3) is 8.68 Å². The molecular formula is C13H5Cl3F3N3O2S. The maximum absolute atomic E-state index is 12.6. The summed E-state index contributed by atoms with van der Waals surface area (Å²) in [5.74, 6) is 0. The molecule has 0 N–H and O–H groups in total. The minimum absolute atomic E-state index is 0.00633. The zero-order chi connectivity index (χ0) is 19.0. The summed E-state index contributed by atoms with van der Waals surface area (Å²) in [5, 5.41) is 9.02. The van der Waals surface area contributed by atoms with E-state index in [0.29, 0.717) is 3.97 Å². The molecule has 0 saturated heterocycles. The zero-order valence-electron chi connectivity index (χ0n) is 11.7. The topological polar surface area (TPSA) is 67.8 Å². The largest absolute Gasteiger partial charge is 0.416 e. The van der Waals surface area contributed by atoms with Crippen molar-refractivity contribution in [3.8, 4) is 11.8 Å². The van der Waals surface area contributed by atoms with Crippen LogP contribution in [0, 0.1) is 11.3 Å². The minimum Gasteiger partial charge on any atom is -0.267 e. The van der Waals surface area contributed by atoms with E-state index in [2.05, 4.69) is 0 Å². The van der Waals surface area contributed by atoms with Gasteiger partial charge in [0, 0.05) is 18.1 Å². The van der Waals surface area contributed by atoms with Gasteiger partial charge in [0.05, 0.1) is 11.3 Å². The molecule has 0 unspecified atom stereocenters. The van der Waals surface area contributed by atoms with Crippen LogP contribution in [0.25, 0.3) is 5.69 Å². The second kappa shape index (κ2) is 6.96. The Balaban J connectivity index is 2.67. The van der Waals surface area contributed by atoms with Gasteiger partial charge in [-0.25, -0.2) is 4.79 Å². The first-order chi connectivity index (χ1) is 11.4. The Bertz CT molecular complexity index is 957. The molecule has 0 aliphatic heterocycles. The highest BCUT2D eigenvalue weighted by Gasteiger charge is 2.30. The Morgan fingerprint density at radius 3 is 2.08 bits per heavy atom. The van der Waals surface area contributed by atoms with Gasteiger partial charge in [-0.1, -0.05) is 34.8 Å². The number of aromatic nitrogens is 2. The van der Waals surface area contributed by atoms with Gasteiger partial charge in [0.15, 0.2) is 0 Å². The maximum atomic E-state index is 12.6. The second-order valence-corrected chi connectivity index (χ2v) is 8.60. The molecule has 5 nitrogen and oxygen atoms in total. The Morgan fingerprint density at radius 2 is 1.64 bits per heavy atom. The maximum Gasteiger partial charge on any atom is 0.416 e. The Kier molecular flexibility index (Phi) is 5.49. The van der Waals surface area contributed by atoms with Gasteiger partial charge in [0.1, 0.15) is 11.6 Å². The summed E-state index contributed by atoms with van der Waals surface area (Å²) in [6.07, 6.45) is -3.64. The first-order valence-corrected chi connectivity index (χ1v) is 8.07. The molecule has 0 spiro atoms. The average Bonchev–Trinajstić information content (AvgIpc) is 2.50.